The monoisotopic (exact) mass is 254 g/mol. The molecule has 6 nitrogen and oxygen atoms in total. The summed E-state index contributed by atoms with van der Waals surface area (Å²) in [7, 11) is 0. The van der Waals surface area contributed by atoms with Gasteiger partial charge in [0.25, 0.3) is 0 Å². The van der Waals surface area contributed by atoms with E-state index in [0.29, 0.717) is 0 Å². The van der Waals surface area contributed by atoms with Crippen molar-refractivity contribution in [1.82, 2.24) is 25.3 Å². The standard InChI is InChI=1S/C12H26N6/c1-4-8-18-12(10-14-16-18)11(15-13)7-9-17(5-2)6-3/h10-11,15H,4-9,13H2,1-3H3. The molecule has 1 rings (SSSR count). The van der Waals surface area contributed by atoms with Gasteiger partial charge in [-0.05, 0) is 25.9 Å². The number of aryl methyl sites for hydroxylation is 1. The molecule has 0 radical (unpaired) electrons. The number of aromatic nitrogens is 3. The summed E-state index contributed by atoms with van der Waals surface area (Å²) in [6, 6.07) is 0.118. The predicted octanol–water partition coefficient (Wildman–Crippen LogP) is 0.924. The van der Waals surface area contributed by atoms with Gasteiger partial charge < -0.3 is 4.90 Å². The highest BCUT2D eigenvalue weighted by Crippen LogP contribution is 2.15. The van der Waals surface area contributed by atoms with Gasteiger partial charge in [0.2, 0.25) is 0 Å². The van der Waals surface area contributed by atoms with Crippen LogP contribution in [0, 0.1) is 0 Å². The fourth-order valence-electron chi connectivity index (χ4n) is 2.09. The SMILES string of the molecule is CCCn1nncc1C(CCN(CC)CC)NN. The van der Waals surface area contributed by atoms with Crippen molar-refractivity contribution in [2.24, 2.45) is 5.84 Å². The maximum Gasteiger partial charge on any atom is 0.0770 e. The first-order valence-corrected chi connectivity index (χ1v) is 6.83. The number of nitrogens with one attached hydrogen (secondary N) is 1. The van der Waals surface area contributed by atoms with Crippen LogP contribution in [-0.4, -0.2) is 39.5 Å². The van der Waals surface area contributed by atoms with Crippen LogP contribution in [0.4, 0.5) is 0 Å². The van der Waals surface area contributed by atoms with E-state index in [1.54, 1.807) is 0 Å². The zero-order valence-electron chi connectivity index (χ0n) is 11.8. The maximum absolute atomic E-state index is 5.66. The van der Waals surface area contributed by atoms with Crippen molar-refractivity contribution in [1.29, 1.82) is 0 Å². The van der Waals surface area contributed by atoms with Gasteiger partial charge in [-0.1, -0.05) is 26.0 Å². The number of nitrogens with zero attached hydrogens (tertiary/aromatic N) is 4. The van der Waals surface area contributed by atoms with Crippen LogP contribution in [0.5, 0.6) is 0 Å². The Hall–Kier alpha value is -0.980. The Morgan fingerprint density at radius 3 is 2.67 bits per heavy atom. The molecule has 0 aliphatic carbocycles. The van der Waals surface area contributed by atoms with Crippen LogP contribution in [0.3, 0.4) is 0 Å². The van der Waals surface area contributed by atoms with Gasteiger partial charge in [0.1, 0.15) is 0 Å². The smallest absolute Gasteiger partial charge is 0.0770 e. The van der Waals surface area contributed by atoms with E-state index in [2.05, 4.69) is 41.4 Å². The zero-order chi connectivity index (χ0) is 13.4. The first-order chi connectivity index (χ1) is 8.76. The van der Waals surface area contributed by atoms with E-state index < -0.39 is 0 Å². The van der Waals surface area contributed by atoms with Crippen molar-refractivity contribution in [2.45, 2.75) is 46.2 Å². The third-order valence-corrected chi connectivity index (χ3v) is 3.27. The molecule has 18 heavy (non-hydrogen) atoms. The molecule has 6 heteroatoms. The molecule has 1 atom stereocenters. The van der Waals surface area contributed by atoms with Gasteiger partial charge in [-0.25, -0.2) is 4.68 Å². The molecule has 0 fully saturated rings. The Morgan fingerprint density at radius 1 is 1.39 bits per heavy atom. The third kappa shape index (κ3) is 4.04. The Bertz CT molecular complexity index is 320. The second-order valence-corrected chi connectivity index (χ2v) is 4.42. The lowest BCUT2D eigenvalue weighted by Gasteiger charge is -2.22. The van der Waals surface area contributed by atoms with Crippen LogP contribution in [-0.2, 0) is 6.54 Å². The van der Waals surface area contributed by atoms with E-state index in [1.165, 1.54) is 0 Å². The molecule has 1 aromatic rings. The Labute approximate surface area is 109 Å². The lowest BCUT2D eigenvalue weighted by Crippen LogP contribution is -2.34. The molecule has 0 amide bonds. The minimum absolute atomic E-state index is 0.118. The van der Waals surface area contributed by atoms with Gasteiger partial charge in [0.15, 0.2) is 0 Å². The average Bonchev–Trinajstić information content (AvgIpc) is 2.84. The first kappa shape index (κ1) is 15.1. The van der Waals surface area contributed by atoms with E-state index in [0.717, 1.165) is 44.7 Å². The van der Waals surface area contributed by atoms with Crippen molar-refractivity contribution in [3.63, 3.8) is 0 Å². The predicted molar refractivity (Wildman–Crippen MR) is 72.8 cm³/mol. The minimum Gasteiger partial charge on any atom is -0.304 e. The molecule has 0 spiro atoms. The molecule has 3 N–H and O–H groups in total. The number of hydrogen-bond acceptors (Lipinski definition) is 5. The molecule has 0 saturated carbocycles. The van der Waals surface area contributed by atoms with Crippen LogP contribution in [0.25, 0.3) is 0 Å². The molecule has 0 bridgehead atoms. The normalized spacial score (nSPS) is 13.2. The van der Waals surface area contributed by atoms with Crippen molar-refractivity contribution >= 4 is 0 Å². The number of nitrogens with two attached hydrogens (primary N) is 1. The molecule has 1 aromatic heterocycles. The van der Waals surface area contributed by atoms with Crippen LogP contribution in [0.1, 0.15) is 45.3 Å². The Morgan fingerprint density at radius 2 is 2.11 bits per heavy atom. The second-order valence-electron chi connectivity index (χ2n) is 4.42. The fraction of sp³-hybridized carbons (Fsp3) is 0.833. The molecule has 104 valence electrons. The van der Waals surface area contributed by atoms with E-state index in [1.807, 2.05) is 10.9 Å². The summed E-state index contributed by atoms with van der Waals surface area (Å²) in [6.07, 6.45) is 3.82. The largest absolute Gasteiger partial charge is 0.304 e. The second kappa shape index (κ2) is 8.18. The molecule has 0 aliphatic heterocycles. The summed E-state index contributed by atoms with van der Waals surface area (Å²) in [5.74, 6) is 5.66. The zero-order valence-corrected chi connectivity index (χ0v) is 11.8. The summed E-state index contributed by atoms with van der Waals surface area (Å²) in [5, 5.41) is 8.08. The summed E-state index contributed by atoms with van der Waals surface area (Å²) < 4.78 is 1.94. The van der Waals surface area contributed by atoms with Gasteiger partial charge in [-0.2, -0.15) is 0 Å². The number of rotatable bonds is 9. The summed E-state index contributed by atoms with van der Waals surface area (Å²) >= 11 is 0. The Kier molecular flexibility index (Phi) is 6.85. The average molecular weight is 254 g/mol. The molecule has 1 unspecified atom stereocenters. The van der Waals surface area contributed by atoms with E-state index in [-0.39, 0.29) is 6.04 Å². The maximum atomic E-state index is 5.66. The fourth-order valence-corrected chi connectivity index (χ4v) is 2.09. The first-order valence-electron chi connectivity index (χ1n) is 6.83. The van der Waals surface area contributed by atoms with Crippen molar-refractivity contribution in [3.05, 3.63) is 11.9 Å². The molecular weight excluding hydrogens is 228 g/mol. The lowest BCUT2D eigenvalue weighted by molar-refractivity contribution is 0.278. The van der Waals surface area contributed by atoms with Crippen LogP contribution in [0.15, 0.2) is 6.20 Å². The topological polar surface area (TPSA) is 72.0 Å². The van der Waals surface area contributed by atoms with E-state index >= 15 is 0 Å². The van der Waals surface area contributed by atoms with Crippen LogP contribution >= 0.6 is 0 Å². The third-order valence-electron chi connectivity index (χ3n) is 3.27. The van der Waals surface area contributed by atoms with Gasteiger partial charge >= 0.3 is 0 Å². The molecular formula is C12H26N6. The van der Waals surface area contributed by atoms with E-state index in [9.17, 15) is 0 Å². The molecule has 1 heterocycles. The van der Waals surface area contributed by atoms with Crippen molar-refractivity contribution in [2.75, 3.05) is 19.6 Å². The van der Waals surface area contributed by atoms with Gasteiger partial charge in [0, 0.05) is 13.1 Å². The van der Waals surface area contributed by atoms with Gasteiger partial charge in [-0.3, -0.25) is 11.3 Å². The van der Waals surface area contributed by atoms with Crippen LogP contribution in [0.2, 0.25) is 0 Å². The van der Waals surface area contributed by atoms with Crippen molar-refractivity contribution in [3.8, 4) is 0 Å². The molecule has 0 aliphatic rings. The molecule has 0 aromatic carbocycles. The highest BCUT2D eigenvalue weighted by Gasteiger charge is 2.16. The van der Waals surface area contributed by atoms with Gasteiger partial charge in [-0.15, -0.1) is 5.10 Å². The number of hydrazine groups is 1. The Balaban J connectivity index is 2.61. The van der Waals surface area contributed by atoms with Gasteiger partial charge in [0.05, 0.1) is 17.9 Å². The number of hydrogen-bond donors (Lipinski definition) is 2. The lowest BCUT2D eigenvalue weighted by atomic mass is 10.1. The molecule has 0 saturated heterocycles. The minimum atomic E-state index is 0.118. The summed E-state index contributed by atoms with van der Waals surface area (Å²) in [6.45, 7) is 10.5. The van der Waals surface area contributed by atoms with E-state index in [4.69, 9.17) is 5.84 Å². The highest BCUT2D eigenvalue weighted by atomic mass is 15.4. The van der Waals surface area contributed by atoms with Crippen LogP contribution < -0.4 is 11.3 Å². The van der Waals surface area contributed by atoms with Crippen molar-refractivity contribution < 1.29 is 0 Å². The summed E-state index contributed by atoms with van der Waals surface area (Å²) in [5.41, 5.74) is 3.95. The summed E-state index contributed by atoms with van der Waals surface area (Å²) in [4.78, 5) is 2.39. The quantitative estimate of drug-likeness (QED) is 0.506. The highest BCUT2D eigenvalue weighted by molar-refractivity contribution is 5.01.